The molecule has 0 saturated heterocycles. The highest BCUT2D eigenvalue weighted by Crippen LogP contribution is 2.34. The maximum Gasteiger partial charge on any atom is 0.329 e. The van der Waals surface area contributed by atoms with Gasteiger partial charge in [0.15, 0.2) is 5.78 Å². The van der Waals surface area contributed by atoms with Gasteiger partial charge in [-0.3, -0.25) is 9.78 Å². The number of ether oxygens (including phenoxy) is 1. The fraction of sp³-hybridized carbons (Fsp3) is 0.125. The zero-order chi connectivity index (χ0) is 16.7. The minimum atomic E-state index is -2.48. The molecule has 8 nitrogen and oxygen atoms in total. The second-order valence-electron chi connectivity index (χ2n) is 5.32. The molecule has 0 bridgehead atoms. The quantitative estimate of drug-likeness (QED) is 0.679. The Bertz CT molecular complexity index is 920. The van der Waals surface area contributed by atoms with Crippen molar-refractivity contribution in [3.8, 4) is 28.6 Å². The Morgan fingerprint density at radius 3 is 2.83 bits per heavy atom. The van der Waals surface area contributed by atoms with E-state index in [1.54, 1.807) is 30.6 Å². The highest BCUT2D eigenvalue weighted by atomic mass is 16.8. The van der Waals surface area contributed by atoms with Crippen LogP contribution in [0.15, 0.2) is 47.2 Å². The second-order valence-corrected chi connectivity index (χ2v) is 5.32. The molecule has 0 unspecified atom stereocenters. The van der Waals surface area contributed by atoms with Crippen LogP contribution in [0.1, 0.15) is 16.8 Å². The molecule has 8 heteroatoms. The van der Waals surface area contributed by atoms with Crippen LogP contribution in [0.4, 0.5) is 0 Å². The number of benzene rings is 1. The number of carbonyl (C=O) groups excluding carboxylic acids is 1. The molecule has 1 aliphatic heterocycles. The van der Waals surface area contributed by atoms with E-state index in [1.807, 2.05) is 0 Å². The Morgan fingerprint density at radius 1 is 1.17 bits per heavy atom. The maximum atomic E-state index is 12.0. The van der Waals surface area contributed by atoms with Crippen molar-refractivity contribution in [2.45, 2.75) is 12.4 Å². The Labute approximate surface area is 135 Å². The molecule has 4 rings (SSSR count). The molecule has 0 fully saturated rings. The average Bonchev–Trinajstić information content (AvgIpc) is 3.04. The predicted octanol–water partition coefficient (Wildman–Crippen LogP) is 1.40. The molecule has 2 N–H and O–H groups in total. The van der Waals surface area contributed by atoms with Crippen LogP contribution in [-0.4, -0.2) is 37.1 Å². The largest absolute Gasteiger partial charge is 0.438 e. The van der Waals surface area contributed by atoms with E-state index in [2.05, 4.69) is 15.1 Å². The van der Waals surface area contributed by atoms with Gasteiger partial charge in [-0.15, -0.1) is 0 Å². The summed E-state index contributed by atoms with van der Waals surface area (Å²) >= 11 is 0. The van der Waals surface area contributed by atoms with Gasteiger partial charge < -0.3 is 19.5 Å². The first-order chi connectivity index (χ1) is 11.5. The first kappa shape index (κ1) is 14.5. The lowest BCUT2D eigenvalue weighted by atomic mass is 10.0. The lowest BCUT2D eigenvalue weighted by Crippen LogP contribution is -2.41. The van der Waals surface area contributed by atoms with Crippen LogP contribution in [0.2, 0.25) is 0 Å². The summed E-state index contributed by atoms with van der Waals surface area (Å²) in [5, 5.41) is 22.8. The van der Waals surface area contributed by atoms with Gasteiger partial charge in [-0.05, 0) is 30.3 Å². The molecular formula is C16H11N3O5. The average molecular weight is 325 g/mol. The van der Waals surface area contributed by atoms with Gasteiger partial charge in [-0.1, -0.05) is 5.16 Å². The molecule has 0 saturated carbocycles. The van der Waals surface area contributed by atoms with Crippen molar-refractivity contribution in [3.05, 3.63) is 48.3 Å². The summed E-state index contributed by atoms with van der Waals surface area (Å²) in [7, 11) is 0. The van der Waals surface area contributed by atoms with Gasteiger partial charge in [-0.2, -0.15) is 4.98 Å². The number of hydrogen-bond donors (Lipinski definition) is 2. The third-order valence-electron chi connectivity index (χ3n) is 3.54. The van der Waals surface area contributed by atoms with Crippen molar-refractivity contribution in [1.29, 1.82) is 0 Å². The SMILES string of the molecule is O=C1CC(O)(O)Oc2ccc(-c3nc(-c4cccnc4)no3)cc21. The molecule has 24 heavy (non-hydrogen) atoms. The van der Waals surface area contributed by atoms with E-state index in [4.69, 9.17) is 9.26 Å². The van der Waals surface area contributed by atoms with Crippen molar-refractivity contribution in [2.75, 3.05) is 0 Å². The molecule has 0 aliphatic carbocycles. The topological polar surface area (TPSA) is 119 Å². The van der Waals surface area contributed by atoms with Crippen LogP contribution in [0.25, 0.3) is 22.8 Å². The first-order valence-corrected chi connectivity index (χ1v) is 7.07. The summed E-state index contributed by atoms with van der Waals surface area (Å²) in [5.41, 5.74) is 1.46. The number of hydrogen-bond acceptors (Lipinski definition) is 8. The summed E-state index contributed by atoms with van der Waals surface area (Å²) < 4.78 is 10.2. The summed E-state index contributed by atoms with van der Waals surface area (Å²) in [4.78, 5) is 20.3. The van der Waals surface area contributed by atoms with Crippen molar-refractivity contribution in [3.63, 3.8) is 0 Å². The number of carbonyl (C=O) groups is 1. The van der Waals surface area contributed by atoms with Gasteiger partial charge in [0.25, 0.3) is 5.89 Å². The van der Waals surface area contributed by atoms with Crippen LogP contribution in [-0.2, 0) is 0 Å². The summed E-state index contributed by atoms with van der Waals surface area (Å²) in [6, 6.07) is 8.13. The highest BCUT2D eigenvalue weighted by Gasteiger charge is 2.37. The van der Waals surface area contributed by atoms with Gasteiger partial charge in [0.1, 0.15) is 12.2 Å². The molecule has 3 heterocycles. The third kappa shape index (κ3) is 2.53. The van der Waals surface area contributed by atoms with E-state index in [1.165, 1.54) is 12.1 Å². The molecule has 0 radical (unpaired) electrons. The van der Waals surface area contributed by atoms with Crippen LogP contribution in [0, 0.1) is 0 Å². The van der Waals surface area contributed by atoms with Crippen molar-refractivity contribution < 1.29 is 24.3 Å². The molecule has 0 atom stereocenters. The van der Waals surface area contributed by atoms with Crippen LogP contribution in [0.5, 0.6) is 5.75 Å². The van der Waals surface area contributed by atoms with Gasteiger partial charge in [0.05, 0.1) is 5.56 Å². The van der Waals surface area contributed by atoms with E-state index in [0.29, 0.717) is 17.0 Å². The minimum absolute atomic E-state index is 0.0898. The van der Waals surface area contributed by atoms with Gasteiger partial charge >= 0.3 is 5.97 Å². The summed E-state index contributed by atoms with van der Waals surface area (Å²) in [6.45, 7) is 0. The molecular weight excluding hydrogens is 314 g/mol. The number of pyridine rings is 1. The molecule has 3 aromatic rings. The number of nitrogens with zero attached hydrogens (tertiary/aromatic N) is 3. The summed E-state index contributed by atoms with van der Waals surface area (Å²) in [5.74, 6) is -2.23. The third-order valence-corrected chi connectivity index (χ3v) is 3.54. The Morgan fingerprint density at radius 2 is 2.04 bits per heavy atom. The molecule has 1 aliphatic rings. The minimum Gasteiger partial charge on any atom is -0.438 e. The number of ketones is 1. The van der Waals surface area contributed by atoms with E-state index in [9.17, 15) is 15.0 Å². The molecule has 0 spiro atoms. The van der Waals surface area contributed by atoms with Crippen molar-refractivity contribution in [1.82, 2.24) is 15.1 Å². The second kappa shape index (κ2) is 5.22. The van der Waals surface area contributed by atoms with E-state index < -0.39 is 18.2 Å². The molecule has 120 valence electrons. The lowest BCUT2D eigenvalue weighted by Gasteiger charge is -2.27. The van der Waals surface area contributed by atoms with Crippen molar-refractivity contribution in [2.24, 2.45) is 0 Å². The van der Waals surface area contributed by atoms with Gasteiger partial charge in [0.2, 0.25) is 5.82 Å². The normalized spacial score (nSPS) is 15.7. The zero-order valence-corrected chi connectivity index (χ0v) is 12.2. The standard InChI is InChI=1S/C16H11N3O5/c20-12-7-16(21,22)23-13-4-3-9(6-11(12)13)15-18-14(19-24-15)10-2-1-5-17-8-10/h1-6,8,21-22H,7H2. The fourth-order valence-corrected chi connectivity index (χ4v) is 2.44. The Hall–Kier alpha value is -3.10. The smallest absolute Gasteiger partial charge is 0.329 e. The van der Waals surface area contributed by atoms with Crippen LogP contribution >= 0.6 is 0 Å². The van der Waals surface area contributed by atoms with Crippen LogP contribution in [0.3, 0.4) is 0 Å². The Kier molecular flexibility index (Phi) is 3.15. The maximum absolute atomic E-state index is 12.0. The molecule has 0 amide bonds. The number of aromatic nitrogens is 3. The number of rotatable bonds is 2. The molecule has 2 aromatic heterocycles. The molecule has 1 aromatic carbocycles. The first-order valence-electron chi connectivity index (χ1n) is 7.07. The van der Waals surface area contributed by atoms with E-state index in [0.717, 1.165) is 0 Å². The van der Waals surface area contributed by atoms with Crippen molar-refractivity contribution >= 4 is 5.78 Å². The monoisotopic (exact) mass is 325 g/mol. The van der Waals surface area contributed by atoms with Gasteiger partial charge in [-0.25, -0.2) is 0 Å². The lowest BCUT2D eigenvalue weighted by molar-refractivity contribution is -0.290. The predicted molar refractivity (Wildman–Crippen MR) is 79.7 cm³/mol. The summed E-state index contributed by atoms with van der Waals surface area (Å²) in [6.07, 6.45) is 2.71. The van der Waals surface area contributed by atoms with E-state index in [-0.39, 0.29) is 17.2 Å². The van der Waals surface area contributed by atoms with Crippen LogP contribution < -0.4 is 4.74 Å². The Balaban J connectivity index is 1.71. The number of fused-ring (bicyclic) bond motifs is 1. The number of aliphatic hydroxyl groups is 2. The zero-order valence-electron chi connectivity index (χ0n) is 12.2. The fourth-order valence-electron chi connectivity index (χ4n) is 2.44. The van der Waals surface area contributed by atoms with E-state index >= 15 is 0 Å². The number of Topliss-reactive ketones (excluding diaryl/α,β-unsaturated/α-hetero) is 1. The van der Waals surface area contributed by atoms with Gasteiger partial charge in [0, 0.05) is 23.5 Å². The highest BCUT2D eigenvalue weighted by molar-refractivity contribution is 6.01.